The fourth-order valence-corrected chi connectivity index (χ4v) is 3.02. The number of nitrogens with one attached hydrogen (secondary N) is 1. The number of carbonyl (C=O) groups is 2. The summed E-state index contributed by atoms with van der Waals surface area (Å²) < 4.78 is 20.5. The molecule has 0 spiro atoms. The van der Waals surface area contributed by atoms with Gasteiger partial charge in [0.1, 0.15) is 6.61 Å². The molecule has 1 rings (SSSR count). The van der Waals surface area contributed by atoms with Gasteiger partial charge in [-0.1, -0.05) is 12.3 Å². The predicted octanol–water partition coefficient (Wildman–Crippen LogP) is 0.702. The summed E-state index contributed by atoms with van der Waals surface area (Å²) in [6, 6.07) is 0. The van der Waals surface area contributed by atoms with E-state index >= 15 is 0 Å². The maximum absolute atomic E-state index is 12.0. The summed E-state index contributed by atoms with van der Waals surface area (Å²) in [6.07, 6.45) is 8.42. The molecule has 0 aliphatic carbocycles. The van der Waals surface area contributed by atoms with Crippen LogP contribution in [0.15, 0.2) is 0 Å². The normalized spacial score (nSPS) is 17.9. The van der Waals surface area contributed by atoms with Crippen LogP contribution in [0.1, 0.15) is 38.5 Å². The molecule has 0 aromatic rings. The number of carbonyl (C=O) groups excluding carboxylic acids is 2. The summed E-state index contributed by atoms with van der Waals surface area (Å²) >= 11 is 0. The molecule has 8 nitrogen and oxygen atoms in total. The van der Waals surface area contributed by atoms with Gasteiger partial charge >= 0.3 is 8.25 Å². The van der Waals surface area contributed by atoms with Gasteiger partial charge in [-0.25, -0.2) is 0 Å². The van der Waals surface area contributed by atoms with Gasteiger partial charge < -0.3 is 24.4 Å². The maximum Gasteiger partial charge on any atom is 0.316 e. The zero-order valence-corrected chi connectivity index (χ0v) is 15.4. The van der Waals surface area contributed by atoms with Crippen molar-refractivity contribution in [2.24, 2.45) is 0 Å². The second kappa shape index (κ2) is 12.9. The summed E-state index contributed by atoms with van der Waals surface area (Å²) in [6.45, 7) is 2.05. The lowest BCUT2D eigenvalue weighted by Gasteiger charge is -2.16. The van der Waals surface area contributed by atoms with Gasteiger partial charge in [0.25, 0.3) is 0 Å². The Bertz CT molecular complexity index is 494. The lowest BCUT2D eigenvalue weighted by atomic mass is 10.2. The second-order valence-electron chi connectivity index (χ2n) is 5.80. The lowest BCUT2D eigenvalue weighted by molar-refractivity contribution is -0.130. The Morgan fingerprint density at radius 3 is 2.84 bits per heavy atom. The molecule has 25 heavy (non-hydrogen) atoms. The number of hydrogen-bond acceptors (Lipinski definition) is 5. The minimum Gasteiger partial charge on any atom is -0.368 e. The average Bonchev–Trinajstić information content (AvgIpc) is 3.02. The highest BCUT2D eigenvalue weighted by Crippen LogP contribution is 2.24. The number of nitrogens with zero attached hydrogens (tertiary/aromatic N) is 1. The summed E-state index contributed by atoms with van der Waals surface area (Å²) in [5, 5.41) is 2.79. The molecule has 1 aliphatic rings. The van der Waals surface area contributed by atoms with Crippen molar-refractivity contribution in [1.29, 1.82) is 0 Å². The molecule has 2 atom stereocenters. The molecule has 0 bridgehead atoms. The molecule has 1 fully saturated rings. The zero-order chi connectivity index (χ0) is 18.5. The molecular formula is C16H27N2O6P. The molecule has 142 valence electrons. The highest BCUT2D eigenvalue weighted by molar-refractivity contribution is 7.32. The van der Waals surface area contributed by atoms with Crippen LogP contribution in [0.25, 0.3) is 0 Å². The first-order valence-electron chi connectivity index (χ1n) is 8.48. The largest absolute Gasteiger partial charge is 0.368 e. The van der Waals surface area contributed by atoms with E-state index in [1.54, 1.807) is 4.90 Å². The first-order valence-corrected chi connectivity index (χ1v) is 9.74. The minimum absolute atomic E-state index is 0.0402. The quantitative estimate of drug-likeness (QED) is 0.296. The van der Waals surface area contributed by atoms with Crippen molar-refractivity contribution in [3.05, 3.63) is 0 Å². The summed E-state index contributed by atoms with van der Waals surface area (Å²) in [7, 11) is -2.95. The Morgan fingerprint density at radius 1 is 1.32 bits per heavy atom. The van der Waals surface area contributed by atoms with E-state index in [4.69, 9.17) is 20.6 Å². The fraction of sp³-hybridized carbons (Fsp3) is 0.750. The summed E-state index contributed by atoms with van der Waals surface area (Å²) in [5.74, 6) is 2.30. The van der Waals surface area contributed by atoms with Crippen molar-refractivity contribution in [3.8, 4) is 12.3 Å². The van der Waals surface area contributed by atoms with Crippen LogP contribution in [-0.2, 0) is 23.4 Å². The van der Waals surface area contributed by atoms with Crippen LogP contribution < -0.4 is 5.32 Å². The van der Waals surface area contributed by atoms with E-state index < -0.39 is 8.25 Å². The van der Waals surface area contributed by atoms with Crippen molar-refractivity contribution < 1.29 is 28.3 Å². The Kier molecular flexibility index (Phi) is 11.2. The van der Waals surface area contributed by atoms with Gasteiger partial charge in [-0.05, 0) is 19.3 Å². The van der Waals surface area contributed by atoms with Crippen molar-refractivity contribution in [3.63, 3.8) is 0 Å². The smallest absolute Gasteiger partial charge is 0.316 e. The van der Waals surface area contributed by atoms with E-state index in [1.807, 2.05) is 0 Å². The third-order valence-electron chi connectivity index (χ3n) is 3.81. The maximum atomic E-state index is 12.0. The molecular weight excluding hydrogens is 347 g/mol. The molecule has 0 aromatic carbocycles. The Labute approximate surface area is 149 Å². The monoisotopic (exact) mass is 374 g/mol. The SMILES string of the molecule is C#CCOCCC(=O)NCCCCCC(=O)N1CC[C@H](O[PH](=O)O)C1. The van der Waals surface area contributed by atoms with Crippen LogP contribution in [0.3, 0.4) is 0 Å². The Morgan fingerprint density at radius 2 is 2.12 bits per heavy atom. The van der Waals surface area contributed by atoms with E-state index in [9.17, 15) is 14.2 Å². The first-order chi connectivity index (χ1) is 12.0. The van der Waals surface area contributed by atoms with E-state index in [1.165, 1.54) is 0 Å². The van der Waals surface area contributed by atoms with Gasteiger partial charge in [0, 0.05) is 26.1 Å². The Hall–Kier alpha value is -1.39. The van der Waals surface area contributed by atoms with Crippen LogP contribution in [0.2, 0.25) is 0 Å². The summed E-state index contributed by atoms with van der Waals surface area (Å²) in [5.41, 5.74) is 0. The topological polar surface area (TPSA) is 105 Å². The van der Waals surface area contributed by atoms with Crippen LogP contribution in [-0.4, -0.2) is 60.6 Å². The van der Waals surface area contributed by atoms with Gasteiger partial charge in [-0.2, -0.15) is 0 Å². The Balaban J connectivity index is 1.99. The molecule has 1 unspecified atom stereocenters. The second-order valence-corrected chi connectivity index (χ2v) is 6.57. The molecule has 0 radical (unpaired) electrons. The number of ether oxygens (including phenoxy) is 1. The predicted molar refractivity (Wildman–Crippen MR) is 93.0 cm³/mol. The van der Waals surface area contributed by atoms with Crippen LogP contribution >= 0.6 is 8.25 Å². The number of terminal acetylenes is 1. The summed E-state index contributed by atoms with van der Waals surface area (Å²) in [4.78, 5) is 33.9. The molecule has 2 amide bonds. The number of unbranched alkanes of at least 4 members (excludes halogenated alkanes) is 2. The molecule has 9 heteroatoms. The molecule has 1 saturated heterocycles. The number of hydrogen-bond donors (Lipinski definition) is 2. The third kappa shape index (κ3) is 10.3. The first kappa shape index (κ1) is 21.7. The lowest BCUT2D eigenvalue weighted by Crippen LogP contribution is -2.29. The van der Waals surface area contributed by atoms with Crippen molar-refractivity contribution in [2.75, 3.05) is 32.8 Å². The van der Waals surface area contributed by atoms with E-state index in [-0.39, 0.29) is 24.5 Å². The third-order valence-corrected chi connectivity index (χ3v) is 4.35. The fourth-order valence-electron chi connectivity index (χ4n) is 2.54. The minimum atomic E-state index is -2.95. The van der Waals surface area contributed by atoms with Crippen molar-refractivity contribution in [1.82, 2.24) is 10.2 Å². The molecule has 0 aromatic heterocycles. The standard InChI is InChI=1S/C16H27N2O6P/c1-2-11-23-12-8-15(19)17-9-5-3-4-6-16(20)18-10-7-14(13-18)24-25(21)22/h1,14,25H,3-13H2,(H,17,19)(H,21,22)/t14-/m0/s1. The van der Waals surface area contributed by atoms with Crippen molar-refractivity contribution >= 4 is 20.1 Å². The van der Waals surface area contributed by atoms with Gasteiger partial charge in [0.05, 0.1) is 19.1 Å². The number of amides is 2. The van der Waals surface area contributed by atoms with Crippen molar-refractivity contribution in [2.45, 2.75) is 44.6 Å². The van der Waals surface area contributed by atoms with Gasteiger partial charge in [-0.15, -0.1) is 6.42 Å². The van der Waals surface area contributed by atoms with Crippen LogP contribution in [0.4, 0.5) is 0 Å². The van der Waals surface area contributed by atoms with Gasteiger partial charge in [-0.3, -0.25) is 14.2 Å². The van der Waals surface area contributed by atoms with E-state index in [0.29, 0.717) is 45.5 Å². The van der Waals surface area contributed by atoms with Gasteiger partial charge in [0.15, 0.2) is 0 Å². The van der Waals surface area contributed by atoms with Crippen LogP contribution in [0, 0.1) is 12.3 Å². The highest BCUT2D eigenvalue weighted by Gasteiger charge is 2.27. The van der Waals surface area contributed by atoms with Gasteiger partial charge in [0.2, 0.25) is 11.8 Å². The molecule has 2 N–H and O–H groups in total. The van der Waals surface area contributed by atoms with Crippen LogP contribution in [0.5, 0.6) is 0 Å². The van der Waals surface area contributed by atoms with E-state index in [0.717, 1.165) is 19.3 Å². The molecule has 0 saturated carbocycles. The highest BCUT2D eigenvalue weighted by atomic mass is 31.1. The molecule has 1 aliphatic heterocycles. The number of likely N-dealkylation sites (tertiary alicyclic amines) is 1. The zero-order valence-electron chi connectivity index (χ0n) is 14.4. The molecule has 1 heterocycles. The average molecular weight is 374 g/mol. The van der Waals surface area contributed by atoms with E-state index in [2.05, 4.69) is 11.2 Å². The number of rotatable bonds is 12.